The standard InChI is InChI=1S/C22H32O2/c1-14-10-18-19(21(4,5)9-8-20(18,2)3)11-17(14)22(23)12-15-6-7-16(13-22)24-15/h10-11,15-16,23H,6-9,12-13H2,1-5H3. The highest BCUT2D eigenvalue weighted by Gasteiger charge is 2.46. The maximum Gasteiger partial charge on any atom is 0.0948 e. The summed E-state index contributed by atoms with van der Waals surface area (Å²) in [4.78, 5) is 0. The minimum Gasteiger partial charge on any atom is -0.385 e. The zero-order valence-corrected chi connectivity index (χ0v) is 15.9. The van der Waals surface area contributed by atoms with Gasteiger partial charge < -0.3 is 9.84 Å². The molecule has 0 saturated carbocycles. The quantitative estimate of drug-likeness (QED) is 0.796. The second kappa shape index (κ2) is 5.08. The van der Waals surface area contributed by atoms with Crippen molar-refractivity contribution in [3.05, 3.63) is 34.4 Å². The molecule has 2 heteroatoms. The van der Waals surface area contributed by atoms with Crippen molar-refractivity contribution in [2.24, 2.45) is 0 Å². The van der Waals surface area contributed by atoms with Crippen LogP contribution < -0.4 is 0 Å². The van der Waals surface area contributed by atoms with Crippen LogP contribution in [0.15, 0.2) is 12.1 Å². The topological polar surface area (TPSA) is 29.5 Å². The fourth-order valence-corrected chi connectivity index (χ4v) is 5.36. The van der Waals surface area contributed by atoms with Crippen LogP contribution in [-0.2, 0) is 21.2 Å². The molecule has 4 rings (SSSR count). The summed E-state index contributed by atoms with van der Waals surface area (Å²) < 4.78 is 5.98. The van der Waals surface area contributed by atoms with Gasteiger partial charge in [-0.05, 0) is 65.7 Å². The van der Waals surface area contributed by atoms with Crippen LogP contribution in [0.1, 0.15) is 88.5 Å². The van der Waals surface area contributed by atoms with E-state index in [1.165, 1.54) is 29.5 Å². The third kappa shape index (κ3) is 2.45. The maximum absolute atomic E-state index is 11.5. The lowest BCUT2D eigenvalue weighted by molar-refractivity contribution is -0.115. The first-order valence-electron chi connectivity index (χ1n) is 9.65. The molecule has 2 aliphatic heterocycles. The summed E-state index contributed by atoms with van der Waals surface area (Å²) in [5.41, 5.74) is 5.06. The Morgan fingerprint density at radius 1 is 0.875 bits per heavy atom. The minimum atomic E-state index is -0.707. The van der Waals surface area contributed by atoms with Gasteiger partial charge in [0.05, 0.1) is 17.8 Å². The van der Waals surface area contributed by atoms with Gasteiger partial charge >= 0.3 is 0 Å². The number of hydrogen-bond donors (Lipinski definition) is 1. The summed E-state index contributed by atoms with van der Waals surface area (Å²) in [6.45, 7) is 11.6. The van der Waals surface area contributed by atoms with E-state index in [1.807, 2.05) is 0 Å². The van der Waals surface area contributed by atoms with Crippen molar-refractivity contribution in [3.63, 3.8) is 0 Å². The van der Waals surface area contributed by atoms with Crippen molar-refractivity contribution >= 4 is 0 Å². The van der Waals surface area contributed by atoms with Crippen LogP contribution in [0.2, 0.25) is 0 Å². The van der Waals surface area contributed by atoms with Gasteiger partial charge in [-0.2, -0.15) is 0 Å². The van der Waals surface area contributed by atoms with Crippen molar-refractivity contribution in [1.29, 1.82) is 0 Å². The highest BCUT2D eigenvalue weighted by molar-refractivity contribution is 5.48. The number of rotatable bonds is 1. The normalized spacial score (nSPS) is 36.4. The molecule has 1 aromatic rings. The molecule has 132 valence electrons. The Balaban J connectivity index is 1.83. The Kier molecular flexibility index (Phi) is 3.51. The Labute approximate surface area is 146 Å². The first-order valence-corrected chi connectivity index (χ1v) is 9.65. The van der Waals surface area contributed by atoms with Crippen molar-refractivity contribution in [1.82, 2.24) is 0 Å². The van der Waals surface area contributed by atoms with Gasteiger partial charge in [-0.15, -0.1) is 0 Å². The lowest BCUT2D eigenvalue weighted by atomic mass is 9.62. The highest BCUT2D eigenvalue weighted by atomic mass is 16.5. The molecule has 1 N–H and O–H groups in total. The number of aryl methyl sites for hydroxylation is 1. The zero-order chi connectivity index (χ0) is 17.3. The number of aliphatic hydroxyl groups is 1. The molecule has 24 heavy (non-hydrogen) atoms. The largest absolute Gasteiger partial charge is 0.385 e. The monoisotopic (exact) mass is 328 g/mol. The van der Waals surface area contributed by atoms with Crippen molar-refractivity contribution < 1.29 is 9.84 Å². The lowest BCUT2D eigenvalue weighted by Gasteiger charge is -2.44. The summed E-state index contributed by atoms with van der Waals surface area (Å²) in [7, 11) is 0. The van der Waals surface area contributed by atoms with Crippen molar-refractivity contribution in [2.75, 3.05) is 0 Å². The van der Waals surface area contributed by atoms with Crippen LogP contribution in [0.25, 0.3) is 0 Å². The number of benzene rings is 1. The summed E-state index contributed by atoms with van der Waals surface area (Å²) in [6, 6.07) is 4.73. The first-order chi connectivity index (χ1) is 11.1. The molecule has 2 nitrogen and oxygen atoms in total. The lowest BCUT2D eigenvalue weighted by Crippen LogP contribution is -2.40. The van der Waals surface area contributed by atoms with Gasteiger partial charge in [0.1, 0.15) is 0 Å². The summed E-state index contributed by atoms with van der Waals surface area (Å²) >= 11 is 0. The van der Waals surface area contributed by atoms with E-state index < -0.39 is 5.60 Å². The molecule has 0 amide bonds. The van der Waals surface area contributed by atoms with Gasteiger partial charge in [0.25, 0.3) is 0 Å². The summed E-state index contributed by atoms with van der Waals surface area (Å²) in [5.74, 6) is 0. The van der Waals surface area contributed by atoms with E-state index in [0.717, 1.165) is 31.2 Å². The van der Waals surface area contributed by atoms with Crippen LogP contribution in [0.4, 0.5) is 0 Å². The van der Waals surface area contributed by atoms with Crippen LogP contribution in [-0.4, -0.2) is 17.3 Å². The Bertz CT molecular complexity index is 659. The average Bonchev–Trinajstić information content (AvgIpc) is 2.83. The van der Waals surface area contributed by atoms with Gasteiger partial charge in [0, 0.05) is 12.8 Å². The Morgan fingerprint density at radius 3 is 1.92 bits per heavy atom. The first kappa shape index (κ1) is 16.6. The molecule has 1 aromatic carbocycles. The molecule has 2 atom stereocenters. The summed E-state index contributed by atoms with van der Waals surface area (Å²) in [6.07, 6.45) is 6.66. The fraction of sp³-hybridized carbons (Fsp3) is 0.727. The van der Waals surface area contributed by atoms with Crippen LogP contribution >= 0.6 is 0 Å². The van der Waals surface area contributed by atoms with E-state index in [9.17, 15) is 5.11 Å². The molecule has 2 fully saturated rings. The van der Waals surface area contributed by atoms with Gasteiger partial charge in [0.15, 0.2) is 0 Å². The Morgan fingerprint density at radius 2 is 1.38 bits per heavy atom. The minimum absolute atomic E-state index is 0.188. The predicted octanol–water partition coefficient (Wildman–Crippen LogP) is 4.87. The van der Waals surface area contributed by atoms with Gasteiger partial charge in [-0.1, -0.05) is 39.8 Å². The third-order valence-electron chi connectivity index (χ3n) is 7.03. The molecule has 0 spiro atoms. The molecule has 0 radical (unpaired) electrons. The SMILES string of the molecule is Cc1cc2c(cc1C1(O)CC3CCC(C1)O3)C(C)(C)CCC2(C)C. The third-order valence-corrected chi connectivity index (χ3v) is 7.03. The summed E-state index contributed by atoms with van der Waals surface area (Å²) in [5, 5.41) is 11.5. The van der Waals surface area contributed by atoms with Gasteiger partial charge in [0.2, 0.25) is 0 Å². The van der Waals surface area contributed by atoms with Crippen molar-refractivity contribution in [2.45, 2.75) is 102 Å². The number of hydrogen-bond acceptors (Lipinski definition) is 2. The van der Waals surface area contributed by atoms with E-state index in [4.69, 9.17) is 4.74 Å². The van der Waals surface area contributed by atoms with Crippen LogP contribution in [0.5, 0.6) is 0 Å². The van der Waals surface area contributed by atoms with Crippen LogP contribution in [0, 0.1) is 6.92 Å². The van der Waals surface area contributed by atoms with Crippen LogP contribution in [0.3, 0.4) is 0 Å². The average molecular weight is 328 g/mol. The molecule has 2 saturated heterocycles. The smallest absolute Gasteiger partial charge is 0.0948 e. The fourth-order valence-electron chi connectivity index (χ4n) is 5.36. The second-order valence-corrected chi connectivity index (χ2v) is 9.88. The molecule has 0 aromatic heterocycles. The number of ether oxygens (including phenoxy) is 1. The van der Waals surface area contributed by atoms with E-state index >= 15 is 0 Å². The van der Waals surface area contributed by atoms with E-state index in [-0.39, 0.29) is 23.0 Å². The van der Waals surface area contributed by atoms with Crippen molar-refractivity contribution in [3.8, 4) is 0 Å². The van der Waals surface area contributed by atoms with Gasteiger partial charge in [-0.25, -0.2) is 0 Å². The van der Waals surface area contributed by atoms with E-state index in [1.54, 1.807) is 0 Å². The molecule has 1 aliphatic carbocycles. The highest BCUT2D eigenvalue weighted by Crippen LogP contribution is 2.50. The van der Waals surface area contributed by atoms with E-state index in [2.05, 4.69) is 46.8 Å². The zero-order valence-electron chi connectivity index (χ0n) is 15.9. The predicted molar refractivity (Wildman–Crippen MR) is 97.5 cm³/mol. The molecule has 3 aliphatic rings. The molecule has 2 bridgehead atoms. The molecule has 2 heterocycles. The second-order valence-electron chi connectivity index (χ2n) is 9.88. The molecular formula is C22H32O2. The molecular weight excluding hydrogens is 296 g/mol. The van der Waals surface area contributed by atoms with E-state index in [0.29, 0.717) is 0 Å². The Hall–Kier alpha value is -0.860. The van der Waals surface area contributed by atoms with Gasteiger partial charge in [-0.3, -0.25) is 0 Å². The molecule has 2 unspecified atom stereocenters. The number of fused-ring (bicyclic) bond motifs is 3. The maximum atomic E-state index is 11.5.